The van der Waals surface area contributed by atoms with E-state index in [2.05, 4.69) is 0 Å². The van der Waals surface area contributed by atoms with E-state index in [1.165, 1.54) is 40.6 Å². The van der Waals surface area contributed by atoms with Crippen molar-refractivity contribution in [3.8, 4) is 28.7 Å². The first-order chi connectivity index (χ1) is 12.5. The smallest absolute Gasteiger partial charge is 0.204 e. The van der Waals surface area contributed by atoms with Crippen molar-refractivity contribution >= 4 is 23.5 Å². The Balaban J connectivity index is 2.39. The molecule has 26 heavy (non-hydrogen) atoms. The number of benzene rings is 2. The first kappa shape index (κ1) is 19.5. The highest BCUT2D eigenvalue weighted by Gasteiger charge is 2.19. The van der Waals surface area contributed by atoms with Crippen molar-refractivity contribution in [3.63, 3.8) is 0 Å². The average Bonchev–Trinajstić information content (AvgIpc) is 2.66. The number of hydrogen-bond donors (Lipinski definition) is 1. The molecule has 1 N–H and O–H groups in total. The average molecular weight is 379 g/mol. The largest absolute Gasteiger partial charge is 0.503 e. The van der Waals surface area contributed by atoms with E-state index < -0.39 is 0 Å². The van der Waals surface area contributed by atoms with E-state index in [1.54, 1.807) is 24.3 Å². The van der Waals surface area contributed by atoms with E-state index >= 15 is 0 Å². The molecule has 0 heterocycles. The lowest BCUT2D eigenvalue weighted by Gasteiger charge is -2.14. The van der Waals surface area contributed by atoms with E-state index in [4.69, 9.17) is 30.5 Å². The zero-order valence-corrected chi connectivity index (χ0v) is 15.6. The molecule has 0 atom stereocenters. The molecule has 0 aliphatic heterocycles. The summed E-state index contributed by atoms with van der Waals surface area (Å²) in [4.78, 5) is 12.6. The highest BCUT2D eigenvalue weighted by molar-refractivity contribution is 6.32. The van der Waals surface area contributed by atoms with Gasteiger partial charge in [0.05, 0.1) is 39.0 Å². The first-order valence-corrected chi connectivity index (χ1v) is 7.92. The van der Waals surface area contributed by atoms with Crippen molar-refractivity contribution in [2.24, 2.45) is 0 Å². The van der Waals surface area contributed by atoms with Crippen LogP contribution in [0.15, 0.2) is 30.3 Å². The second-order valence-corrected chi connectivity index (χ2v) is 5.54. The van der Waals surface area contributed by atoms with Crippen LogP contribution in [0.5, 0.6) is 28.7 Å². The summed E-state index contributed by atoms with van der Waals surface area (Å²) in [5.74, 6) is 0.838. The second kappa shape index (κ2) is 8.49. The fraction of sp³-hybridized carbons (Fsp3) is 0.211. The van der Waals surface area contributed by atoms with E-state index in [0.29, 0.717) is 22.6 Å². The van der Waals surface area contributed by atoms with Gasteiger partial charge in [0.25, 0.3) is 0 Å². The van der Waals surface area contributed by atoms with Gasteiger partial charge in [-0.2, -0.15) is 0 Å². The van der Waals surface area contributed by atoms with Crippen LogP contribution in [-0.4, -0.2) is 39.3 Å². The lowest BCUT2D eigenvalue weighted by molar-refractivity contribution is 0.104. The molecule has 0 radical (unpaired) electrons. The minimum Gasteiger partial charge on any atom is -0.503 e. The number of phenols is 1. The Morgan fingerprint density at radius 2 is 1.62 bits per heavy atom. The summed E-state index contributed by atoms with van der Waals surface area (Å²) in [5, 5.41) is 9.89. The van der Waals surface area contributed by atoms with Gasteiger partial charge in [0.15, 0.2) is 28.8 Å². The molecule has 2 aromatic carbocycles. The Labute approximate surface area is 156 Å². The second-order valence-electron chi connectivity index (χ2n) is 5.13. The van der Waals surface area contributed by atoms with Crippen molar-refractivity contribution in [3.05, 3.63) is 46.5 Å². The molecule has 138 valence electrons. The summed E-state index contributed by atoms with van der Waals surface area (Å²) in [6.07, 6.45) is 2.93. The molecule has 0 spiro atoms. The zero-order chi connectivity index (χ0) is 19.3. The number of halogens is 1. The minimum absolute atomic E-state index is 0.125. The Kier molecular flexibility index (Phi) is 6.36. The highest BCUT2D eigenvalue weighted by atomic mass is 35.5. The van der Waals surface area contributed by atoms with Gasteiger partial charge in [-0.15, -0.1) is 0 Å². The number of allylic oxidation sites excluding steroid dienone is 1. The normalized spacial score (nSPS) is 10.7. The lowest BCUT2D eigenvalue weighted by Crippen LogP contribution is -2.02. The molecule has 6 nitrogen and oxygen atoms in total. The molecular formula is C19H19ClO6. The molecule has 0 unspecified atom stereocenters. The number of phenolic OH excluding ortho intramolecular Hbond substituents is 1. The SMILES string of the molecule is COc1cc(/C=C/C(=O)c2ccc(OC)c(OC)c2OC)cc(Cl)c1O. The lowest BCUT2D eigenvalue weighted by atomic mass is 10.1. The first-order valence-electron chi connectivity index (χ1n) is 7.54. The molecule has 0 fully saturated rings. The van der Waals surface area contributed by atoms with Gasteiger partial charge in [-0.1, -0.05) is 17.7 Å². The van der Waals surface area contributed by atoms with Crippen molar-refractivity contribution in [1.82, 2.24) is 0 Å². The molecule has 0 aliphatic rings. The van der Waals surface area contributed by atoms with Crippen LogP contribution in [0.1, 0.15) is 15.9 Å². The van der Waals surface area contributed by atoms with Crippen LogP contribution in [0, 0.1) is 0 Å². The molecule has 0 bridgehead atoms. The summed E-state index contributed by atoms with van der Waals surface area (Å²) in [6.45, 7) is 0. The molecule has 0 saturated carbocycles. The van der Waals surface area contributed by atoms with E-state index in [-0.39, 0.29) is 28.1 Å². The van der Waals surface area contributed by atoms with E-state index in [0.717, 1.165) is 0 Å². The maximum atomic E-state index is 12.6. The molecule has 2 rings (SSSR count). The van der Waals surface area contributed by atoms with Crippen LogP contribution < -0.4 is 18.9 Å². The van der Waals surface area contributed by atoms with Crippen molar-refractivity contribution in [2.75, 3.05) is 28.4 Å². The number of rotatable bonds is 7. The molecule has 0 aliphatic carbocycles. The third kappa shape index (κ3) is 3.86. The number of methoxy groups -OCH3 is 4. The fourth-order valence-corrected chi connectivity index (χ4v) is 2.62. The summed E-state index contributed by atoms with van der Waals surface area (Å²) >= 11 is 5.95. The van der Waals surface area contributed by atoms with Crippen molar-refractivity contribution < 1.29 is 28.8 Å². The number of ether oxygens (including phenoxy) is 4. The number of ketones is 1. The topological polar surface area (TPSA) is 74.2 Å². The molecular weight excluding hydrogens is 360 g/mol. The third-order valence-electron chi connectivity index (χ3n) is 3.67. The van der Waals surface area contributed by atoms with Crippen LogP contribution in [-0.2, 0) is 0 Å². The number of aromatic hydroxyl groups is 1. The van der Waals surface area contributed by atoms with Gasteiger partial charge in [-0.25, -0.2) is 0 Å². The van der Waals surface area contributed by atoms with Crippen molar-refractivity contribution in [2.45, 2.75) is 0 Å². The van der Waals surface area contributed by atoms with Crippen LogP contribution in [0.3, 0.4) is 0 Å². The Morgan fingerprint density at radius 1 is 0.962 bits per heavy atom. The molecule has 2 aromatic rings. The molecule has 0 aromatic heterocycles. The van der Waals surface area contributed by atoms with E-state index in [1.807, 2.05) is 0 Å². The molecule has 0 amide bonds. The fourth-order valence-electron chi connectivity index (χ4n) is 2.40. The molecule has 0 saturated heterocycles. The highest BCUT2D eigenvalue weighted by Crippen LogP contribution is 2.40. The van der Waals surface area contributed by atoms with Gasteiger partial charge >= 0.3 is 0 Å². The standard InChI is InChI=1S/C19H19ClO6/c1-23-15-8-6-12(18(25-3)19(15)26-4)14(21)7-5-11-9-13(20)17(22)16(10-11)24-2/h5-10,22H,1-4H3/b7-5+. The van der Waals surface area contributed by atoms with Crippen molar-refractivity contribution in [1.29, 1.82) is 0 Å². The molecule has 7 heteroatoms. The van der Waals surface area contributed by atoms with Crippen LogP contribution in [0.25, 0.3) is 6.08 Å². The monoisotopic (exact) mass is 378 g/mol. The van der Waals surface area contributed by atoms with Gasteiger partial charge in [0.1, 0.15) is 0 Å². The summed E-state index contributed by atoms with van der Waals surface area (Å²) < 4.78 is 20.9. The van der Waals surface area contributed by atoms with Gasteiger partial charge in [-0.05, 0) is 35.9 Å². The maximum Gasteiger partial charge on any atom is 0.204 e. The predicted octanol–water partition coefficient (Wildman–Crippen LogP) is 3.98. The van der Waals surface area contributed by atoms with Gasteiger partial charge in [-0.3, -0.25) is 4.79 Å². The number of carbonyl (C=O) groups is 1. The van der Waals surface area contributed by atoms with Gasteiger partial charge in [0.2, 0.25) is 5.75 Å². The van der Waals surface area contributed by atoms with Crippen LogP contribution in [0.2, 0.25) is 5.02 Å². The summed E-state index contributed by atoms with van der Waals surface area (Å²) in [5.41, 5.74) is 0.913. The van der Waals surface area contributed by atoms with Crippen LogP contribution >= 0.6 is 11.6 Å². The maximum absolute atomic E-state index is 12.6. The predicted molar refractivity (Wildman–Crippen MR) is 99.1 cm³/mol. The van der Waals surface area contributed by atoms with E-state index in [9.17, 15) is 9.90 Å². The minimum atomic E-state index is -0.300. The number of carbonyl (C=O) groups excluding carboxylic acids is 1. The third-order valence-corrected chi connectivity index (χ3v) is 3.96. The number of hydrogen-bond acceptors (Lipinski definition) is 6. The quantitative estimate of drug-likeness (QED) is 0.580. The zero-order valence-electron chi connectivity index (χ0n) is 14.8. The summed E-state index contributed by atoms with van der Waals surface area (Å²) in [7, 11) is 5.83. The summed E-state index contributed by atoms with van der Waals surface area (Å²) in [6, 6.07) is 6.31. The Bertz CT molecular complexity index is 844. The van der Waals surface area contributed by atoms with Gasteiger partial charge in [0, 0.05) is 0 Å². The van der Waals surface area contributed by atoms with Crippen LogP contribution in [0.4, 0.5) is 0 Å². The Hall–Kier alpha value is -2.86. The van der Waals surface area contributed by atoms with Gasteiger partial charge < -0.3 is 24.1 Å². The Morgan fingerprint density at radius 3 is 2.19 bits per heavy atom.